The molecule has 1 aromatic heterocycles. The summed E-state index contributed by atoms with van der Waals surface area (Å²) >= 11 is 0. The summed E-state index contributed by atoms with van der Waals surface area (Å²) in [6.45, 7) is 5.82. The molecule has 122 valence electrons. The maximum Gasteiger partial charge on any atom is 0.216 e. The van der Waals surface area contributed by atoms with Gasteiger partial charge in [0.25, 0.3) is 0 Å². The number of nitrogens with zero attached hydrogens (tertiary/aromatic N) is 3. The van der Waals surface area contributed by atoms with Crippen molar-refractivity contribution in [1.29, 1.82) is 0 Å². The van der Waals surface area contributed by atoms with E-state index in [0.29, 0.717) is 18.8 Å². The average Bonchev–Trinajstić information content (AvgIpc) is 2.46. The first kappa shape index (κ1) is 16.6. The van der Waals surface area contributed by atoms with Gasteiger partial charge in [-0.3, -0.25) is 4.79 Å². The number of carbonyl (C=O) groups excluding carboxylic acids is 1. The average molecular weight is 312 g/mol. The molecular formula is C15H22F2N4O. The van der Waals surface area contributed by atoms with E-state index in [9.17, 15) is 13.6 Å². The highest BCUT2D eigenvalue weighted by atomic mass is 19.1. The highest BCUT2D eigenvalue weighted by Gasteiger charge is 2.36. The lowest BCUT2D eigenvalue weighted by Crippen LogP contribution is -2.48. The molecule has 1 saturated heterocycles. The van der Waals surface area contributed by atoms with Gasteiger partial charge in [0, 0.05) is 32.9 Å². The van der Waals surface area contributed by atoms with Gasteiger partial charge in [-0.1, -0.05) is 13.8 Å². The van der Waals surface area contributed by atoms with Crippen molar-refractivity contribution < 1.29 is 13.6 Å². The van der Waals surface area contributed by atoms with Crippen molar-refractivity contribution in [2.45, 2.75) is 45.2 Å². The van der Waals surface area contributed by atoms with E-state index in [0.717, 1.165) is 0 Å². The summed E-state index contributed by atoms with van der Waals surface area (Å²) in [5, 5.41) is 2.51. The Kier molecular flexibility index (Phi) is 4.93. The van der Waals surface area contributed by atoms with Gasteiger partial charge in [0.05, 0.1) is 12.2 Å². The van der Waals surface area contributed by atoms with Gasteiger partial charge < -0.3 is 10.2 Å². The number of hydrogen-bond acceptors (Lipinski definition) is 4. The van der Waals surface area contributed by atoms with Crippen LogP contribution in [0.2, 0.25) is 0 Å². The summed E-state index contributed by atoms with van der Waals surface area (Å²) < 4.78 is 29.0. The molecule has 0 aliphatic carbocycles. The van der Waals surface area contributed by atoms with Gasteiger partial charge in [-0.15, -0.1) is 0 Å². The Labute approximate surface area is 129 Å². The summed E-state index contributed by atoms with van der Waals surface area (Å²) in [7, 11) is 0. The van der Waals surface area contributed by atoms with E-state index in [4.69, 9.17) is 0 Å². The van der Waals surface area contributed by atoms with E-state index < -0.39 is 11.5 Å². The standard InChI is InChI=1S/C15H22F2N4O/c1-10(2)13-12(16)14(20-9-19-13)21-6-4-15(17,5-7-21)8-18-11(3)22/h9-10H,4-8H2,1-3H3,(H,18,22). The lowest BCUT2D eigenvalue weighted by atomic mass is 9.93. The zero-order valence-electron chi connectivity index (χ0n) is 13.2. The van der Waals surface area contributed by atoms with Crippen molar-refractivity contribution in [3.05, 3.63) is 17.8 Å². The molecule has 1 amide bonds. The van der Waals surface area contributed by atoms with Gasteiger partial charge in [-0.2, -0.15) is 0 Å². The molecule has 1 aromatic rings. The Morgan fingerprint density at radius 3 is 2.59 bits per heavy atom. The van der Waals surface area contributed by atoms with Crippen molar-refractivity contribution in [2.75, 3.05) is 24.5 Å². The zero-order valence-corrected chi connectivity index (χ0v) is 13.2. The van der Waals surface area contributed by atoms with Crippen LogP contribution >= 0.6 is 0 Å². The number of amides is 1. The number of rotatable bonds is 4. The van der Waals surface area contributed by atoms with Crippen LogP contribution in [0, 0.1) is 5.82 Å². The second-order valence-corrected chi connectivity index (χ2v) is 6.10. The first-order valence-corrected chi connectivity index (χ1v) is 7.51. The summed E-state index contributed by atoms with van der Waals surface area (Å²) in [6.07, 6.45) is 1.81. The molecule has 0 saturated carbocycles. The number of halogens is 2. The van der Waals surface area contributed by atoms with Gasteiger partial charge >= 0.3 is 0 Å². The monoisotopic (exact) mass is 312 g/mol. The van der Waals surface area contributed by atoms with Crippen LogP contribution in [-0.4, -0.2) is 41.2 Å². The Hall–Kier alpha value is -1.79. The highest BCUT2D eigenvalue weighted by molar-refractivity contribution is 5.72. The maximum atomic E-state index is 14.6. The minimum atomic E-state index is -1.44. The van der Waals surface area contributed by atoms with E-state index >= 15 is 0 Å². The van der Waals surface area contributed by atoms with Crippen molar-refractivity contribution in [3.8, 4) is 0 Å². The summed E-state index contributed by atoms with van der Waals surface area (Å²) in [6, 6.07) is 0. The summed E-state index contributed by atoms with van der Waals surface area (Å²) in [5.74, 6) is -0.472. The van der Waals surface area contributed by atoms with Crippen molar-refractivity contribution >= 4 is 11.7 Å². The molecule has 0 radical (unpaired) electrons. The van der Waals surface area contributed by atoms with Gasteiger partial charge in [-0.05, 0) is 5.92 Å². The SMILES string of the molecule is CC(=O)NCC1(F)CCN(c2ncnc(C(C)C)c2F)CC1. The predicted molar refractivity (Wildman–Crippen MR) is 80.0 cm³/mol. The van der Waals surface area contributed by atoms with E-state index in [1.54, 1.807) is 4.90 Å². The molecule has 0 spiro atoms. The Balaban J connectivity index is 2.06. The van der Waals surface area contributed by atoms with Crippen molar-refractivity contribution in [3.63, 3.8) is 0 Å². The third kappa shape index (κ3) is 3.69. The number of aromatic nitrogens is 2. The fourth-order valence-electron chi connectivity index (χ4n) is 2.58. The fraction of sp³-hybridized carbons (Fsp3) is 0.667. The lowest BCUT2D eigenvalue weighted by molar-refractivity contribution is -0.119. The largest absolute Gasteiger partial charge is 0.354 e. The van der Waals surface area contributed by atoms with Crippen LogP contribution in [0.4, 0.5) is 14.6 Å². The first-order chi connectivity index (χ1) is 10.3. The molecule has 0 bridgehead atoms. The lowest BCUT2D eigenvalue weighted by Gasteiger charge is -2.37. The smallest absolute Gasteiger partial charge is 0.216 e. The van der Waals surface area contributed by atoms with Crippen LogP contribution in [0.3, 0.4) is 0 Å². The number of nitrogens with one attached hydrogen (secondary N) is 1. The second-order valence-electron chi connectivity index (χ2n) is 6.10. The highest BCUT2D eigenvalue weighted by Crippen LogP contribution is 2.30. The van der Waals surface area contributed by atoms with Gasteiger partial charge in [0.2, 0.25) is 5.91 Å². The molecule has 1 fully saturated rings. The van der Waals surface area contributed by atoms with Crippen molar-refractivity contribution in [1.82, 2.24) is 15.3 Å². The topological polar surface area (TPSA) is 58.1 Å². The molecule has 0 aromatic carbocycles. The molecule has 2 heterocycles. The molecule has 1 aliphatic heterocycles. The van der Waals surface area contributed by atoms with E-state index in [-0.39, 0.29) is 37.0 Å². The molecule has 22 heavy (non-hydrogen) atoms. The van der Waals surface area contributed by atoms with E-state index in [1.165, 1.54) is 13.3 Å². The van der Waals surface area contributed by atoms with Crippen LogP contribution in [-0.2, 0) is 4.79 Å². The number of alkyl halides is 1. The van der Waals surface area contributed by atoms with E-state index in [2.05, 4.69) is 15.3 Å². The minimum absolute atomic E-state index is 0.000324. The molecule has 2 rings (SSSR count). The molecule has 7 heteroatoms. The van der Waals surface area contributed by atoms with Gasteiger partial charge in [0.1, 0.15) is 12.0 Å². The molecule has 1 N–H and O–H groups in total. The predicted octanol–water partition coefficient (Wildman–Crippen LogP) is 2.18. The third-order valence-corrected chi connectivity index (χ3v) is 3.96. The van der Waals surface area contributed by atoms with Crippen LogP contribution in [0.1, 0.15) is 45.2 Å². The third-order valence-electron chi connectivity index (χ3n) is 3.96. The molecule has 0 unspecified atom stereocenters. The first-order valence-electron chi connectivity index (χ1n) is 7.51. The summed E-state index contributed by atoms with van der Waals surface area (Å²) in [4.78, 5) is 20.6. The Morgan fingerprint density at radius 2 is 2.05 bits per heavy atom. The quantitative estimate of drug-likeness (QED) is 0.926. The van der Waals surface area contributed by atoms with Crippen LogP contribution in [0.15, 0.2) is 6.33 Å². The number of anilines is 1. The normalized spacial score (nSPS) is 17.6. The van der Waals surface area contributed by atoms with Gasteiger partial charge in [0.15, 0.2) is 11.6 Å². The molecule has 0 atom stereocenters. The fourth-order valence-corrected chi connectivity index (χ4v) is 2.58. The van der Waals surface area contributed by atoms with Crippen molar-refractivity contribution in [2.24, 2.45) is 0 Å². The maximum absolute atomic E-state index is 14.6. The minimum Gasteiger partial charge on any atom is -0.354 e. The second kappa shape index (κ2) is 6.54. The number of hydrogen-bond donors (Lipinski definition) is 1. The van der Waals surface area contributed by atoms with Crippen LogP contribution < -0.4 is 10.2 Å². The number of piperidine rings is 1. The van der Waals surface area contributed by atoms with Gasteiger partial charge in [-0.25, -0.2) is 18.7 Å². The van der Waals surface area contributed by atoms with E-state index in [1.807, 2.05) is 13.8 Å². The molecular weight excluding hydrogens is 290 g/mol. The Bertz CT molecular complexity index is 542. The Morgan fingerprint density at radius 1 is 1.41 bits per heavy atom. The number of carbonyl (C=O) groups is 1. The molecule has 5 nitrogen and oxygen atoms in total. The summed E-state index contributed by atoms with van der Waals surface area (Å²) in [5.41, 5.74) is -1.06. The van der Waals surface area contributed by atoms with Crippen LogP contribution in [0.5, 0.6) is 0 Å². The van der Waals surface area contributed by atoms with Crippen LogP contribution in [0.25, 0.3) is 0 Å². The molecule has 1 aliphatic rings. The zero-order chi connectivity index (χ0) is 16.3.